The van der Waals surface area contributed by atoms with Gasteiger partial charge in [0.1, 0.15) is 0 Å². The van der Waals surface area contributed by atoms with Crippen molar-refractivity contribution in [3.8, 4) is 0 Å². The smallest absolute Gasteiger partial charge is 0.302 e. The Hall–Kier alpha value is -1.06. The van der Waals surface area contributed by atoms with Crippen LogP contribution in [0.3, 0.4) is 0 Å². The topological polar surface area (TPSA) is 55.4 Å². The van der Waals surface area contributed by atoms with Crippen LogP contribution in [-0.4, -0.2) is 25.0 Å². The van der Waals surface area contributed by atoms with Crippen molar-refractivity contribution in [3.63, 3.8) is 0 Å². The van der Waals surface area contributed by atoms with Crippen molar-refractivity contribution < 1.29 is 14.3 Å². The number of carbonyl (C=O) groups excluding carboxylic acids is 2. The Morgan fingerprint density at radius 3 is 2.43 bits per heavy atom. The van der Waals surface area contributed by atoms with Crippen LogP contribution in [0.4, 0.5) is 0 Å². The lowest BCUT2D eigenvalue weighted by Crippen LogP contribution is -2.28. The molecule has 1 amide bonds. The first-order valence-electron chi connectivity index (χ1n) is 4.95. The van der Waals surface area contributed by atoms with E-state index in [-0.39, 0.29) is 17.8 Å². The molecule has 0 spiro atoms. The van der Waals surface area contributed by atoms with E-state index in [1.54, 1.807) is 0 Å². The lowest BCUT2D eigenvalue weighted by Gasteiger charge is -2.07. The predicted octanol–water partition coefficient (Wildman–Crippen LogP) is 1.10. The Morgan fingerprint density at radius 2 is 1.93 bits per heavy atom. The van der Waals surface area contributed by atoms with Gasteiger partial charge < -0.3 is 10.1 Å². The first-order valence-corrected chi connectivity index (χ1v) is 4.95. The van der Waals surface area contributed by atoms with Crippen molar-refractivity contribution in [1.29, 1.82) is 0 Å². The lowest BCUT2D eigenvalue weighted by atomic mass is 10.2. The van der Waals surface area contributed by atoms with Gasteiger partial charge in [-0.3, -0.25) is 9.59 Å². The molecule has 0 radical (unpaired) electrons. The maximum atomic E-state index is 11.1. The van der Waals surface area contributed by atoms with Crippen LogP contribution in [0.1, 0.15) is 33.6 Å². The number of esters is 1. The van der Waals surface area contributed by atoms with Crippen LogP contribution < -0.4 is 5.32 Å². The van der Waals surface area contributed by atoms with E-state index in [0.717, 1.165) is 12.8 Å². The highest BCUT2D eigenvalue weighted by Crippen LogP contribution is 1.93. The number of hydrogen-bond donors (Lipinski definition) is 1. The summed E-state index contributed by atoms with van der Waals surface area (Å²) >= 11 is 0. The minimum absolute atomic E-state index is 0.0310. The highest BCUT2D eigenvalue weighted by atomic mass is 16.5. The Balaban J connectivity index is 3.22. The molecule has 0 aromatic heterocycles. The summed E-state index contributed by atoms with van der Waals surface area (Å²) < 4.78 is 4.74. The lowest BCUT2D eigenvalue weighted by molar-refractivity contribution is -0.141. The van der Waals surface area contributed by atoms with Crippen molar-refractivity contribution in [3.05, 3.63) is 0 Å². The molecule has 0 aliphatic carbocycles. The molecule has 0 aromatic rings. The molecule has 0 aliphatic heterocycles. The monoisotopic (exact) mass is 201 g/mol. The number of nitrogens with one attached hydrogen (secondary N) is 1. The van der Waals surface area contributed by atoms with Gasteiger partial charge in [0.15, 0.2) is 0 Å². The van der Waals surface area contributed by atoms with Crippen LogP contribution in [-0.2, 0) is 14.3 Å². The zero-order chi connectivity index (χ0) is 11.0. The summed E-state index contributed by atoms with van der Waals surface area (Å²) in [5, 5.41) is 2.79. The van der Waals surface area contributed by atoms with Gasteiger partial charge >= 0.3 is 5.97 Å². The molecule has 0 saturated carbocycles. The van der Waals surface area contributed by atoms with E-state index in [4.69, 9.17) is 4.74 Å². The molecule has 4 nitrogen and oxygen atoms in total. The molecule has 0 heterocycles. The third-order valence-corrected chi connectivity index (χ3v) is 1.70. The molecule has 14 heavy (non-hydrogen) atoms. The fraction of sp³-hybridized carbons (Fsp3) is 0.800. The van der Waals surface area contributed by atoms with Gasteiger partial charge in [0.2, 0.25) is 5.91 Å². The van der Waals surface area contributed by atoms with Gasteiger partial charge in [0.05, 0.1) is 6.61 Å². The number of rotatable bonds is 6. The van der Waals surface area contributed by atoms with Crippen LogP contribution in [0.5, 0.6) is 0 Å². The minimum atomic E-state index is -0.254. The second-order valence-corrected chi connectivity index (χ2v) is 3.49. The van der Waals surface area contributed by atoms with Crippen molar-refractivity contribution in [1.82, 2.24) is 5.32 Å². The maximum absolute atomic E-state index is 11.1. The molecule has 0 saturated heterocycles. The van der Waals surface area contributed by atoms with Gasteiger partial charge in [0, 0.05) is 19.4 Å². The van der Waals surface area contributed by atoms with Crippen molar-refractivity contribution >= 4 is 11.9 Å². The molecule has 4 heteroatoms. The molecule has 0 atom stereocenters. The summed E-state index contributed by atoms with van der Waals surface area (Å²) in [6.45, 7) is 6.19. The molecular weight excluding hydrogens is 182 g/mol. The summed E-state index contributed by atoms with van der Waals surface area (Å²) in [6.07, 6.45) is 1.63. The largest absolute Gasteiger partial charge is 0.466 e. The summed E-state index contributed by atoms with van der Waals surface area (Å²) in [5.74, 6) is -0.155. The van der Waals surface area contributed by atoms with E-state index in [2.05, 4.69) is 5.32 Å². The van der Waals surface area contributed by atoms with Crippen molar-refractivity contribution in [2.45, 2.75) is 33.6 Å². The number of ether oxygens (including phenoxy) is 1. The van der Waals surface area contributed by atoms with E-state index in [9.17, 15) is 9.59 Å². The van der Waals surface area contributed by atoms with Crippen LogP contribution >= 0.6 is 0 Å². The van der Waals surface area contributed by atoms with Gasteiger partial charge in [-0.1, -0.05) is 13.8 Å². The number of unbranched alkanes of at least 4 members (excludes halogenated alkanes) is 1. The Kier molecular flexibility index (Phi) is 6.80. The van der Waals surface area contributed by atoms with Crippen LogP contribution in [0.2, 0.25) is 0 Å². The second-order valence-electron chi connectivity index (χ2n) is 3.49. The summed E-state index contributed by atoms with van der Waals surface area (Å²) in [6, 6.07) is 0. The third kappa shape index (κ3) is 7.58. The SMILES string of the molecule is CC(=O)OCCCCNC(=O)C(C)C. The normalized spacial score (nSPS) is 10.0. The third-order valence-electron chi connectivity index (χ3n) is 1.70. The van der Waals surface area contributed by atoms with Gasteiger partial charge in [-0.05, 0) is 12.8 Å². The summed E-state index contributed by atoms with van der Waals surface area (Å²) in [5.41, 5.74) is 0. The molecule has 0 fully saturated rings. The number of hydrogen-bond acceptors (Lipinski definition) is 3. The van der Waals surface area contributed by atoms with Crippen molar-refractivity contribution in [2.24, 2.45) is 5.92 Å². The molecule has 0 aromatic carbocycles. The van der Waals surface area contributed by atoms with E-state index in [1.807, 2.05) is 13.8 Å². The minimum Gasteiger partial charge on any atom is -0.466 e. The number of carbonyl (C=O) groups is 2. The van der Waals surface area contributed by atoms with E-state index in [0.29, 0.717) is 13.2 Å². The van der Waals surface area contributed by atoms with E-state index < -0.39 is 0 Å². The van der Waals surface area contributed by atoms with Gasteiger partial charge in [0.25, 0.3) is 0 Å². The maximum Gasteiger partial charge on any atom is 0.302 e. The van der Waals surface area contributed by atoms with Crippen LogP contribution in [0, 0.1) is 5.92 Å². The predicted molar refractivity (Wildman–Crippen MR) is 53.7 cm³/mol. The zero-order valence-corrected chi connectivity index (χ0v) is 9.13. The summed E-state index contributed by atoms with van der Waals surface area (Å²) in [4.78, 5) is 21.5. The van der Waals surface area contributed by atoms with Gasteiger partial charge in [-0.25, -0.2) is 0 Å². The molecule has 0 aliphatic rings. The highest BCUT2D eigenvalue weighted by molar-refractivity contribution is 5.77. The Bertz CT molecular complexity index is 190. The fourth-order valence-electron chi connectivity index (χ4n) is 0.859. The molecule has 82 valence electrons. The molecule has 0 bridgehead atoms. The van der Waals surface area contributed by atoms with Gasteiger partial charge in [-0.2, -0.15) is 0 Å². The first kappa shape index (κ1) is 12.9. The quantitative estimate of drug-likeness (QED) is 0.517. The second kappa shape index (κ2) is 7.35. The fourth-order valence-corrected chi connectivity index (χ4v) is 0.859. The van der Waals surface area contributed by atoms with Crippen LogP contribution in [0.15, 0.2) is 0 Å². The zero-order valence-electron chi connectivity index (χ0n) is 9.13. The van der Waals surface area contributed by atoms with Gasteiger partial charge in [-0.15, -0.1) is 0 Å². The average Bonchev–Trinajstić information content (AvgIpc) is 2.09. The molecule has 0 rings (SSSR count). The molecule has 1 N–H and O–H groups in total. The van der Waals surface area contributed by atoms with Crippen LogP contribution in [0.25, 0.3) is 0 Å². The Morgan fingerprint density at radius 1 is 1.29 bits per heavy atom. The van der Waals surface area contributed by atoms with E-state index >= 15 is 0 Å². The summed E-state index contributed by atoms with van der Waals surface area (Å²) in [7, 11) is 0. The number of amides is 1. The Labute approximate surface area is 85.0 Å². The van der Waals surface area contributed by atoms with E-state index in [1.165, 1.54) is 6.92 Å². The first-order chi connectivity index (χ1) is 6.54. The molecular formula is C10H19NO3. The highest BCUT2D eigenvalue weighted by Gasteiger charge is 2.04. The molecule has 0 unspecified atom stereocenters. The average molecular weight is 201 g/mol. The standard InChI is InChI=1S/C10H19NO3/c1-8(2)10(13)11-6-4-5-7-14-9(3)12/h8H,4-7H2,1-3H3,(H,11,13). The van der Waals surface area contributed by atoms with Crippen molar-refractivity contribution in [2.75, 3.05) is 13.2 Å².